The second kappa shape index (κ2) is 7.71. The zero-order chi connectivity index (χ0) is 20.6. The second-order valence-electron chi connectivity index (χ2n) is 7.72. The number of fused-ring (bicyclic) bond motifs is 1. The Kier molecular flexibility index (Phi) is 5.25. The van der Waals surface area contributed by atoms with Gasteiger partial charge in [-0.25, -0.2) is 0 Å². The van der Waals surface area contributed by atoms with Crippen LogP contribution in [0.3, 0.4) is 0 Å². The van der Waals surface area contributed by atoms with Crippen molar-refractivity contribution in [3.8, 4) is 11.4 Å². The minimum atomic E-state index is -2.63. The van der Waals surface area contributed by atoms with Crippen LogP contribution in [0, 0.1) is 6.92 Å². The summed E-state index contributed by atoms with van der Waals surface area (Å²) in [7, 11) is -2.63. The van der Waals surface area contributed by atoms with Gasteiger partial charge in [0.2, 0.25) is 0 Å². The van der Waals surface area contributed by atoms with E-state index in [0.29, 0.717) is 54.5 Å². The monoisotopic (exact) mass is 415 g/mol. The first-order valence-electron chi connectivity index (χ1n) is 9.58. The van der Waals surface area contributed by atoms with Crippen LogP contribution in [-0.4, -0.2) is 60.7 Å². The van der Waals surface area contributed by atoms with Gasteiger partial charge < -0.3 is 0 Å². The summed E-state index contributed by atoms with van der Waals surface area (Å²) >= 11 is 0. The number of aryl methyl sites for hydroxylation is 1. The number of hydrogen-bond donors (Lipinski definition) is 2. The van der Waals surface area contributed by atoms with E-state index in [1.165, 1.54) is 0 Å². The Balaban J connectivity index is 1.94. The molecule has 4 rings (SSSR count). The average Bonchev–Trinajstić information content (AvgIpc) is 3.13. The first-order chi connectivity index (χ1) is 13.9. The van der Waals surface area contributed by atoms with Crippen molar-refractivity contribution < 1.29 is 14.0 Å². The summed E-state index contributed by atoms with van der Waals surface area (Å²) in [5.74, 6) is 6.70. The summed E-state index contributed by atoms with van der Waals surface area (Å²) in [6, 6.07) is 7.82. The Labute approximate surface area is 169 Å². The van der Waals surface area contributed by atoms with Crippen LogP contribution in [-0.2, 0) is 4.74 Å². The van der Waals surface area contributed by atoms with E-state index < -0.39 is 7.49 Å². The van der Waals surface area contributed by atoms with Gasteiger partial charge >= 0.3 is 169 Å². The van der Waals surface area contributed by atoms with E-state index in [2.05, 4.69) is 10.0 Å². The molecule has 2 aromatic heterocycles. The third-order valence-corrected chi connectivity index (χ3v) is 6.38. The van der Waals surface area contributed by atoms with Crippen molar-refractivity contribution in [3.05, 3.63) is 35.4 Å². The summed E-state index contributed by atoms with van der Waals surface area (Å²) < 4.78 is 11.6. The van der Waals surface area contributed by atoms with Crippen LogP contribution < -0.4 is 16.2 Å². The molecule has 8 nitrogen and oxygen atoms in total. The molecular weight excluding hydrogens is 389 g/mol. The minimum absolute atomic E-state index is 0.568. The average molecular weight is 415 g/mol. The quantitative estimate of drug-likeness (QED) is 0.290. The van der Waals surface area contributed by atoms with Gasteiger partial charge in [-0.1, -0.05) is 0 Å². The van der Waals surface area contributed by atoms with Crippen LogP contribution >= 0.6 is 7.49 Å². The van der Waals surface area contributed by atoms with Gasteiger partial charge in [-0.2, -0.15) is 0 Å². The van der Waals surface area contributed by atoms with Crippen LogP contribution in [0.5, 0.6) is 0 Å². The number of anilines is 1. The number of morpholine rings is 1. The van der Waals surface area contributed by atoms with Crippen molar-refractivity contribution in [1.82, 2.24) is 9.97 Å². The summed E-state index contributed by atoms with van der Waals surface area (Å²) in [6.45, 7) is 8.34. The Morgan fingerprint density at radius 2 is 1.97 bits per heavy atom. The van der Waals surface area contributed by atoms with Gasteiger partial charge in [0.05, 0.1) is 0 Å². The van der Waals surface area contributed by atoms with Crippen LogP contribution in [0.1, 0.15) is 11.1 Å². The van der Waals surface area contributed by atoms with Gasteiger partial charge in [0, 0.05) is 0 Å². The topological polar surface area (TPSA) is 110 Å². The standard InChI is InChI=1S/C20H26N5O3P/c1-13-4-5-15(14(10-13)12-22-21)19-23-16-11-17(29(2,3)26)28-18(16)20(24-19)25-6-8-27-9-7-25/h4-5,10-12,26,29H,6-9,21H2,1-3H3/b22-12-. The molecule has 1 saturated heterocycles. The summed E-state index contributed by atoms with van der Waals surface area (Å²) in [6.07, 6.45) is 1.61. The molecule has 29 heavy (non-hydrogen) atoms. The predicted octanol–water partition coefficient (Wildman–Crippen LogP) is 1.87. The molecule has 1 aromatic carbocycles. The van der Waals surface area contributed by atoms with Crippen molar-refractivity contribution in [1.29, 1.82) is 0 Å². The van der Waals surface area contributed by atoms with Gasteiger partial charge in [0.15, 0.2) is 0 Å². The van der Waals surface area contributed by atoms with Crippen LogP contribution in [0.4, 0.5) is 5.82 Å². The Bertz CT molecular complexity index is 1070. The molecule has 3 aromatic rings. The molecule has 3 heterocycles. The Morgan fingerprint density at radius 1 is 1.21 bits per heavy atom. The van der Waals surface area contributed by atoms with E-state index in [9.17, 15) is 4.89 Å². The number of hydrogen-bond acceptors (Lipinski definition) is 8. The fourth-order valence-electron chi connectivity index (χ4n) is 3.40. The van der Waals surface area contributed by atoms with Crippen molar-refractivity contribution in [2.75, 3.05) is 44.5 Å². The number of benzene rings is 1. The predicted molar refractivity (Wildman–Crippen MR) is 119 cm³/mol. The van der Waals surface area contributed by atoms with E-state index in [-0.39, 0.29) is 0 Å². The van der Waals surface area contributed by atoms with Crippen LogP contribution in [0.2, 0.25) is 0 Å². The molecule has 1 aliphatic rings. The molecule has 0 unspecified atom stereocenters. The van der Waals surface area contributed by atoms with Crippen molar-refractivity contribution in [2.24, 2.45) is 10.9 Å². The summed E-state index contributed by atoms with van der Waals surface area (Å²) in [5.41, 5.74) is 4.64. The number of furan rings is 1. The SMILES string of the molecule is Cc1ccc(-c2nc(N3CCOCC3)c3oc([PH](C)(C)O)cc3n2)c(/C=N\N)c1. The van der Waals surface area contributed by atoms with E-state index in [0.717, 1.165) is 16.7 Å². The van der Waals surface area contributed by atoms with Crippen LogP contribution in [0.15, 0.2) is 33.8 Å². The van der Waals surface area contributed by atoms with Gasteiger partial charge in [-0.3, -0.25) is 0 Å². The van der Waals surface area contributed by atoms with E-state index in [4.69, 9.17) is 25.0 Å². The fraction of sp³-hybridized carbons (Fsp3) is 0.350. The molecule has 0 radical (unpaired) electrons. The molecule has 0 atom stereocenters. The number of nitrogens with two attached hydrogens (primary N) is 1. The van der Waals surface area contributed by atoms with Crippen molar-refractivity contribution >= 4 is 36.1 Å². The van der Waals surface area contributed by atoms with Gasteiger partial charge in [-0.15, -0.1) is 0 Å². The number of nitrogens with zero attached hydrogens (tertiary/aromatic N) is 4. The Hall–Kier alpha value is -2.54. The van der Waals surface area contributed by atoms with E-state index >= 15 is 0 Å². The summed E-state index contributed by atoms with van der Waals surface area (Å²) in [4.78, 5) is 22.3. The molecule has 0 saturated carbocycles. The van der Waals surface area contributed by atoms with Gasteiger partial charge in [-0.05, 0) is 0 Å². The van der Waals surface area contributed by atoms with Crippen molar-refractivity contribution in [2.45, 2.75) is 6.92 Å². The molecule has 0 bridgehead atoms. The fourth-order valence-corrected chi connectivity index (χ4v) is 4.24. The maximum absolute atomic E-state index is 10.6. The van der Waals surface area contributed by atoms with Crippen LogP contribution in [0.25, 0.3) is 22.5 Å². The van der Waals surface area contributed by atoms with Crippen molar-refractivity contribution in [3.63, 3.8) is 0 Å². The molecule has 1 aliphatic heterocycles. The van der Waals surface area contributed by atoms with E-state index in [1.54, 1.807) is 6.21 Å². The third-order valence-electron chi connectivity index (χ3n) is 4.93. The molecule has 154 valence electrons. The molecule has 0 spiro atoms. The number of hydrazone groups is 1. The number of rotatable bonds is 4. The summed E-state index contributed by atoms with van der Waals surface area (Å²) in [5, 5.41) is 3.69. The molecule has 9 heteroatoms. The van der Waals surface area contributed by atoms with Gasteiger partial charge in [0.1, 0.15) is 0 Å². The maximum atomic E-state index is 10.6. The van der Waals surface area contributed by atoms with E-state index in [1.807, 2.05) is 44.5 Å². The second-order valence-corrected chi connectivity index (χ2v) is 11.3. The molecule has 0 aliphatic carbocycles. The zero-order valence-corrected chi connectivity index (χ0v) is 17.8. The zero-order valence-electron chi connectivity index (χ0n) is 16.8. The third kappa shape index (κ3) is 3.96. The normalized spacial score (nSPS) is 16.1. The first-order valence-corrected chi connectivity index (χ1v) is 12.5. The molecular formula is C20H26N5O3P. The number of ether oxygens (including phenoxy) is 1. The Morgan fingerprint density at radius 3 is 2.66 bits per heavy atom. The molecule has 0 amide bonds. The number of aromatic nitrogens is 2. The van der Waals surface area contributed by atoms with Gasteiger partial charge in [0.25, 0.3) is 0 Å². The molecule has 1 fully saturated rings. The first kappa shape index (κ1) is 19.8. The molecule has 3 N–H and O–H groups in total.